The fourth-order valence-electron chi connectivity index (χ4n) is 5.95. The summed E-state index contributed by atoms with van der Waals surface area (Å²) in [6.45, 7) is 0.114. The maximum Gasteiger partial charge on any atom is 0.404 e. The van der Waals surface area contributed by atoms with Crippen LogP contribution in [0.5, 0.6) is 0 Å². The molecule has 11 heteroatoms. The monoisotopic (exact) mass is 674 g/mol. The number of carboxylic acid groups (broad SMARTS) is 1. The van der Waals surface area contributed by atoms with Gasteiger partial charge in [0.2, 0.25) is 17.7 Å². The third-order valence-corrected chi connectivity index (χ3v) is 9.25. The predicted molar refractivity (Wildman–Crippen MR) is 172 cm³/mol. The van der Waals surface area contributed by atoms with Gasteiger partial charge < -0.3 is 26.0 Å². The zero-order chi connectivity index (χ0) is 31.9. The van der Waals surface area contributed by atoms with Crippen LogP contribution >= 0.6 is 15.9 Å². The summed E-state index contributed by atoms with van der Waals surface area (Å²) in [6.07, 6.45) is 1.81. The number of hydrogen-bond donors (Lipinski definition) is 4. The fourth-order valence-corrected chi connectivity index (χ4v) is 6.63. The Morgan fingerprint density at radius 3 is 2.38 bits per heavy atom. The van der Waals surface area contributed by atoms with E-state index in [1.165, 1.54) is 10.5 Å². The molecule has 4 amide bonds. The minimum Gasteiger partial charge on any atom is -0.465 e. The zero-order valence-electron chi connectivity index (χ0n) is 24.7. The van der Waals surface area contributed by atoms with Crippen LogP contribution < -0.4 is 16.0 Å². The summed E-state index contributed by atoms with van der Waals surface area (Å²) in [4.78, 5) is 66.2. The van der Waals surface area contributed by atoms with Gasteiger partial charge in [-0.15, -0.1) is 0 Å². The number of anilines is 1. The molecule has 45 heavy (non-hydrogen) atoms. The smallest absolute Gasteiger partial charge is 0.404 e. The van der Waals surface area contributed by atoms with E-state index in [0.29, 0.717) is 11.3 Å². The first-order valence-corrected chi connectivity index (χ1v) is 15.8. The van der Waals surface area contributed by atoms with E-state index in [1.54, 1.807) is 24.3 Å². The normalized spacial score (nSPS) is 15.8. The lowest BCUT2D eigenvalue weighted by molar-refractivity contribution is -0.142. The quantitative estimate of drug-likeness (QED) is 0.218. The first kappa shape index (κ1) is 31.9. The first-order chi connectivity index (χ1) is 21.7. The molecule has 0 fully saturated rings. The molecule has 1 aliphatic carbocycles. The Bertz CT molecular complexity index is 1610. The summed E-state index contributed by atoms with van der Waals surface area (Å²) < 4.78 is 0.797. The average Bonchev–Trinajstić information content (AvgIpc) is 3.53. The molecule has 10 nitrogen and oxygen atoms in total. The molecule has 0 radical (unpaired) electrons. The topological polar surface area (TPSA) is 145 Å². The van der Waals surface area contributed by atoms with Crippen molar-refractivity contribution in [1.29, 1.82) is 0 Å². The molecule has 3 aromatic carbocycles. The minimum atomic E-state index is -1.24. The Kier molecular flexibility index (Phi) is 10.3. The number of nitrogens with one attached hydrogen (secondary N) is 3. The third-order valence-electron chi connectivity index (χ3n) is 8.35. The van der Waals surface area contributed by atoms with E-state index in [0.717, 1.165) is 40.4 Å². The average molecular weight is 676 g/mol. The predicted octanol–water partition coefficient (Wildman–Crippen LogP) is 4.64. The molecule has 3 aromatic rings. The van der Waals surface area contributed by atoms with E-state index >= 15 is 0 Å². The lowest BCUT2D eigenvalue weighted by Gasteiger charge is -2.37. The molecule has 2 aliphatic rings. The Hall–Kier alpha value is -4.51. The molecule has 4 N–H and O–H groups in total. The van der Waals surface area contributed by atoms with Crippen molar-refractivity contribution in [1.82, 2.24) is 15.5 Å². The molecule has 0 spiro atoms. The van der Waals surface area contributed by atoms with Gasteiger partial charge in [-0.25, -0.2) is 4.79 Å². The van der Waals surface area contributed by atoms with Gasteiger partial charge in [0, 0.05) is 42.4 Å². The highest BCUT2D eigenvalue weighted by Gasteiger charge is 2.36. The fraction of sp³-hybridized carbons (Fsp3) is 0.324. The van der Waals surface area contributed by atoms with Gasteiger partial charge in [-0.2, -0.15) is 0 Å². The maximum atomic E-state index is 13.9. The summed E-state index contributed by atoms with van der Waals surface area (Å²) in [5, 5.41) is 17.0. The van der Waals surface area contributed by atoms with E-state index in [9.17, 15) is 24.0 Å². The third kappa shape index (κ3) is 7.78. The molecular formula is C34H35BrN4O6. The number of ketones is 1. The largest absolute Gasteiger partial charge is 0.465 e. The molecule has 234 valence electrons. The standard InChI is InChI=1S/C34H35BrN4O6/c35-31-25-12-6-11-21(25)13-14-26(31)37-32(42)27(17-18-36-34(44)45)38-33(43)28-19-23-9-4-5-10-24(23)20-39(28)30(41)16-15-29(40)22-7-2-1-3-8-22/h1-5,7-10,13-14,27-28,36H,6,11-12,15-20H2,(H,37,42)(H,38,43)(H,44,45). The van der Waals surface area contributed by atoms with Gasteiger partial charge in [0.1, 0.15) is 12.1 Å². The van der Waals surface area contributed by atoms with E-state index in [1.807, 2.05) is 42.5 Å². The number of rotatable bonds is 11. The van der Waals surface area contributed by atoms with Crippen molar-refractivity contribution in [2.24, 2.45) is 0 Å². The summed E-state index contributed by atoms with van der Waals surface area (Å²) in [5.41, 5.74) is 5.27. The lowest BCUT2D eigenvalue weighted by Crippen LogP contribution is -2.56. The Balaban J connectivity index is 1.33. The van der Waals surface area contributed by atoms with E-state index < -0.39 is 30.0 Å². The number of carbonyl (C=O) groups excluding carboxylic acids is 4. The summed E-state index contributed by atoms with van der Waals surface area (Å²) >= 11 is 3.61. The van der Waals surface area contributed by atoms with E-state index in [4.69, 9.17) is 5.11 Å². The molecule has 0 aromatic heterocycles. The number of amides is 4. The van der Waals surface area contributed by atoms with Gasteiger partial charge in [-0.3, -0.25) is 19.2 Å². The second kappa shape index (κ2) is 14.5. The highest BCUT2D eigenvalue weighted by molar-refractivity contribution is 9.10. The summed E-state index contributed by atoms with van der Waals surface area (Å²) in [6, 6.07) is 18.1. The maximum absolute atomic E-state index is 13.9. The van der Waals surface area contributed by atoms with Gasteiger partial charge in [-0.05, 0) is 69.9 Å². The van der Waals surface area contributed by atoms with Gasteiger partial charge >= 0.3 is 6.09 Å². The van der Waals surface area contributed by atoms with Gasteiger partial charge in [-0.1, -0.05) is 60.7 Å². The van der Waals surface area contributed by atoms with Gasteiger partial charge in [0.25, 0.3) is 0 Å². The van der Waals surface area contributed by atoms with Crippen molar-refractivity contribution >= 4 is 51.2 Å². The minimum absolute atomic E-state index is 0.00310. The summed E-state index contributed by atoms with van der Waals surface area (Å²) in [5.74, 6) is -1.54. The second-order valence-electron chi connectivity index (χ2n) is 11.3. The Labute approximate surface area is 269 Å². The number of aryl methyl sites for hydroxylation is 1. The number of hydrogen-bond acceptors (Lipinski definition) is 5. The van der Waals surface area contributed by atoms with Crippen molar-refractivity contribution in [3.8, 4) is 0 Å². The van der Waals surface area contributed by atoms with E-state index in [-0.39, 0.29) is 50.5 Å². The van der Waals surface area contributed by atoms with Crippen LogP contribution in [0, 0.1) is 0 Å². The number of fused-ring (bicyclic) bond motifs is 2. The molecule has 2 atom stereocenters. The highest BCUT2D eigenvalue weighted by Crippen LogP contribution is 2.35. The first-order valence-electron chi connectivity index (χ1n) is 15.0. The molecule has 1 heterocycles. The Morgan fingerprint density at radius 2 is 1.62 bits per heavy atom. The van der Waals surface area contributed by atoms with Crippen LogP contribution in [0.1, 0.15) is 58.3 Å². The number of carbonyl (C=O) groups is 5. The molecule has 0 bridgehead atoms. The Morgan fingerprint density at radius 1 is 0.889 bits per heavy atom. The van der Waals surface area contributed by atoms with Crippen molar-refractivity contribution in [3.63, 3.8) is 0 Å². The number of nitrogens with zero attached hydrogens (tertiary/aromatic N) is 1. The van der Waals surface area contributed by atoms with Crippen molar-refractivity contribution < 1.29 is 29.1 Å². The van der Waals surface area contributed by atoms with Gasteiger partial charge in [0.05, 0.1) is 5.69 Å². The van der Waals surface area contributed by atoms with Crippen LogP contribution in [-0.2, 0) is 40.2 Å². The summed E-state index contributed by atoms with van der Waals surface area (Å²) in [7, 11) is 0. The van der Waals surface area contributed by atoms with Crippen LogP contribution in [0.25, 0.3) is 0 Å². The SMILES string of the molecule is O=C(O)NCCC(NC(=O)C1Cc2ccccc2CN1C(=O)CCC(=O)c1ccccc1)C(=O)Nc1ccc2c(c1Br)CCC2. The highest BCUT2D eigenvalue weighted by atomic mass is 79.9. The molecule has 5 rings (SSSR count). The molecular weight excluding hydrogens is 640 g/mol. The van der Waals surface area contributed by atoms with Crippen LogP contribution in [0.2, 0.25) is 0 Å². The zero-order valence-corrected chi connectivity index (χ0v) is 26.3. The lowest BCUT2D eigenvalue weighted by atomic mass is 9.92. The van der Waals surface area contributed by atoms with E-state index in [2.05, 4.69) is 31.9 Å². The number of halogens is 1. The van der Waals surface area contributed by atoms with Crippen LogP contribution in [0.4, 0.5) is 10.5 Å². The molecule has 1 aliphatic heterocycles. The second-order valence-corrected chi connectivity index (χ2v) is 12.1. The van der Waals surface area contributed by atoms with Gasteiger partial charge in [0.15, 0.2) is 5.78 Å². The molecule has 0 saturated heterocycles. The van der Waals surface area contributed by atoms with Crippen LogP contribution in [-0.4, -0.2) is 58.2 Å². The molecule has 0 saturated carbocycles. The number of Topliss-reactive ketones (excluding diaryl/α,β-unsaturated/α-hetero) is 1. The number of benzene rings is 3. The van der Waals surface area contributed by atoms with Crippen molar-refractivity contribution in [2.75, 3.05) is 11.9 Å². The van der Waals surface area contributed by atoms with Crippen LogP contribution in [0.3, 0.4) is 0 Å². The van der Waals surface area contributed by atoms with Crippen LogP contribution in [0.15, 0.2) is 71.2 Å². The van der Waals surface area contributed by atoms with Crippen molar-refractivity contribution in [2.45, 2.75) is 63.6 Å². The van der Waals surface area contributed by atoms with Crippen molar-refractivity contribution in [3.05, 3.63) is 99.0 Å². The molecule has 2 unspecified atom stereocenters.